The molecule has 1 aromatic rings. The Kier molecular flexibility index (Phi) is 1.72. The lowest BCUT2D eigenvalue weighted by molar-refractivity contribution is 0.620. The Morgan fingerprint density at radius 2 is 1.83 bits per heavy atom. The van der Waals surface area contributed by atoms with Gasteiger partial charge in [-0.1, -0.05) is 29.8 Å². The van der Waals surface area contributed by atoms with E-state index in [2.05, 4.69) is 47.6 Å². The van der Waals surface area contributed by atoms with Gasteiger partial charge in [0.25, 0.3) is 0 Å². The fourth-order valence-corrected chi connectivity index (χ4v) is 1.14. The Morgan fingerprint density at radius 1 is 1.08 bits per heavy atom. The Balaban J connectivity index is 2.28. The van der Waals surface area contributed by atoms with E-state index in [1.165, 1.54) is 11.1 Å². The molecule has 0 fully saturated rings. The summed E-state index contributed by atoms with van der Waals surface area (Å²) in [5, 5.41) is 0. The van der Waals surface area contributed by atoms with Crippen LogP contribution in [0.5, 0.6) is 0 Å². The van der Waals surface area contributed by atoms with Gasteiger partial charge in [0, 0.05) is 11.8 Å². The molecule has 1 aliphatic rings. The molecular weight excluding hydrogens is 150 g/mol. The number of hydrogen-bond acceptors (Lipinski definition) is 3. The van der Waals surface area contributed by atoms with Crippen LogP contribution in [0.2, 0.25) is 0 Å². The summed E-state index contributed by atoms with van der Waals surface area (Å²) >= 11 is 0. The lowest BCUT2D eigenvalue weighted by Crippen LogP contribution is -2.31. The molecule has 1 aliphatic heterocycles. The maximum atomic E-state index is 2.99. The van der Waals surface area contributed by atoms with Crippen molar-refractivity contribution < 1.29 is 0 Å². The van der Waals surface area contributed by atoms with E-state index in [1.54, 1.807) is 0 Å². The molecule has 62 valence electrons. The number of hydrazine groups is 2. The first kappa shape index (κ1) is 7.18. The molecule has 0 spiro atoms. The van der Waals surface area contributed by atoms with E-state index in [9.17, 15) is 0 Å². The second-order valence-electron chi connectivity index (χ2n) is 2.82. The number of aryl methyl sites for hydroxylation is 1. The van der Waals surface area contributed by atoms with Crippen molar-refractivity contribution in [2.24, 2.45) is 0 Å². The molecule has 0 amide bonds. The van der Waals surface area contributed by atoms with E-state index >= 15 is 0 Å². The SMILES string of the molecule is Cc1ccc(C2=CNNN2)cc1. The second-order valence-corrected chi connectivity index (χ2v) is 2.82. The van der Waals surface area contributed by atoms with Crippen LogP contribution in [-0.4, -0.2) is 0 Å². The molecule has 12 heavy (non-hydrogen) atoms. The molecule has 0 atom stereocenters. The molecule has 2 rings (SSSR count). The first-order chi connectivity index (χ1) is 5.86. The van der Waals surface area contributed by atoms with Gasteiger partial charge in [0.15, 0.2) is 0 Å². The quantitative estimate of drug-likeness (QED) is 0.573. The molecule has 0 unspecified atom stereocenters. The van der Waals surface area contributed by atoms with Gasteiger partial charge in [-0.25, -0.2) is 0 Å². The Labute approximate surface area is 71.4 Å². The van der Waals surface area contributed by atoms with E-state index in [0.29, 0.717) is 0 Å². The van der Waals surface area contributed by atoms with Crippen molar-refractivity contribution in [1.29, 1.82) is 0 Å². The van der Waals surface area contributed by atoms with E-state index in [0.717, 1.165) is 5.70 Å². The van der Waals surface area contributed by atoms with Gasteiger partial charge in [0.05, 0.1) is 5.70 Å². The van der Waals surface area contributed by atoms with Crippen LogP contribution in [0.15, 0.2) is 30.5 Å². The van der Waals surface area contributed by atoms with Gasteiger partial charge in [-0.05, 0) is 6.92 Å². The maximum Gasteiger partial charge on any atom is 0.0749 e. The van der Waals surface area contributed by atoms with Crippen molar-refractivity contribution in [2.45, 2.75) is 6.92 Å². The summed E-state index contributed by atoms with van der Waals surface area (Å²) in [5.41, 5.74) is 12.2. The predicted octanol–water partition coefficient (Wildman–Crippen LogP) is 0.906. The number of benzene rings is 1. The van der Waals surface area contributed by atoms with Crippen LogP contribution in [0.3, 0.4) is 0 Å². The fourth-order valence-electron chi connectivity index (χ4n) is 1.14. The highest BCUT2D eigenvalue weighted by molar-refractivity contribution is 5.64. The lowest BCUT2D eigenvalue weighted by atomic mass is 10.1. The predicted molar refractivity (Wildman–Crippen MR) is 48.6 cm³/mol. The van der Waals surface area contributed by atoms with Crippen LogP contribution >= 0.6 is 0 Å². The second kappa shape index (κ2) is 2.87. The van der Waals surface area contributed by atoms with Crippen molar-refractivity contribution in [3.8, 4) is 0 Å². The van der Waals surface area contributed by atoms with Crippen molar-refractivity contribution in [1.82, 2.24) is 16.4 Å². The summed E-state index contributed by atoms with van der Waals surface area (Å²) in [6.07, 6.45) is 1.89. The molecule has 1 heterocycles. The van der Waals surface area contributed by atoms with E-state index in [4.69, 9.17) is 0 Å². The minimum absolute atomic E-state index is 1.06. The molecule has 0 aliphatic carbocycles. The zero-order valence-corrected chi connectivity index (χ0v) is 6.89. The monoisotopic (exact) mass is 161 g/mol. The van der Waals surface area contributed by atoms with Crippen LogP contribution in [0.4, 0.5) is 0 Å². The highest BCUT2D eigenvalue weighted by Crippen LogP contribution is 2.11. The van der Waals surface area contributed by atoms with Crippen LogP contribution in [0.1, 0.15) is 11.1 Å². The number of hydrogen-bond donors (Lipinski definition) is 3. The topological polar surface area (TPSA) is 36.1 Å². The van der Waals surface area contributed by atoms with Gasteiger partial charge in [-0.3, -0.25) is 0 Å². The standard InChI is InChI=1S/C9H11N3/c1-7-2-4-8(5-3-7)9-6-10-12-11-9/h2-6,10-12H,1H3. The average molecular weight is 161 g/mol. The molecule has 3 nitrogen and oxygen atoms in total. The largest absolute Gasteiger partial charge is 0.309 e. The van der Waals surface area contributed by atoms with Gasteiger partial charge in [-0.15, -0.1) is 0 Å². The van der Waals surface area contributed by atoms with Crippen LogP contribution in [0.25, 0.3) is 5.70 Å². The van der Waals surface area contributed by atoms with Crippen LogP contribution in [0, 0.1) is 6.92 Å². The van der Waals surface area contributed by atoms with E-state index in [1.807, 2.05) is 6.20 Å². The molecule has 0 saturated heterocycles. The van der Waals surface area contributed by atoms with Gasteiger partial charge in [0.2, 0.25) is 0 Å². The van der Waals surface area contributed by atoms with Crippen molar-refractivity contribution in [2.75, 3.05) is 0 Å². The van der Waals surface area contributed by atoms with Crippen molar-refractivity contribution >= 4 is 5.70 Å². The van der Waals surface area contributed by atoms with E-state index in [-0.39, 0.29) is 0 Å². The smallest absolute Gasteiger partial charge is 0.0749 e. The Morgan fingerprint density at radius 3 is 2.42 bits per heavy atom. The van der Waals surface area contributed by atoms with Gasteiger partial charge in [0.1, 0.15) is 0 Å². The molecule has 0 saturated carbocycles. The minimum atomic E-state index is 1.06. The molecule has 1 aromatic carbocycles. The summed E-state index contributed by atoms with van der Waals surface area (Å²) < 4.78 is 0. The Bertz CT molecular complexity index is 300. The molecular formula is C9H11N3. The molecule has 3 heteroatoms. The van der Waals surface area contributed by atoms with Crippen molar-refractivity contribution in [3.05, 3.63) is 41.6 Å². The third-order valence-electron chi connectivity index (χ3n) is 1.85. The number of rotatable bonds is 1. The summed E-state index contributed by atoms with van der Waals surface area (Å²) in [5.74, 6) is 0. The van der Waals surface area contributed by atoms with Crippen molar-refractivity contribution in [3.63, 3.8) is 0 Å². The van der Waals surface area contributed by atoms with Gasteiger partial charge >= 0.3 is 0 Å². The van der Waals surface area contributed by atoms with Gasteiger partial charge in [-0.2, -0.15) is 5.53 Å². The molecule has 0 bridgehead atoms. The third kappa shape index (κ3) is 1.26. The average Bonchev–Trinajstić information content (AvgIpc) is 2.58. The molecule has 0 aromatic heterocycles. The van der Waals surface area contributed by atoms with Crippen LogP contribution < -0.4 is 16.4 Å². The maximum absolute atomic E-state index is 2.99. The minimum Gasteiger partial charge on any atom is -0.309 e. The Hall–Kier alpha value is -1.48. The first-order valence-corrected chi connectivity index (χ1v) is 3.90. The van der Waals surface area contributed by atoms with Gasteiger partial charge < -0.3 is 10.9 Å². The zero-order valence-electron chi connectivity index (χ0n) is 6.89. The molecule has 0 radical (unpaired) electrons. The van der Waals surface area contributed by atoms with Crippen LogP contribution in [-0.2, 0) is 0 Å². The third-order valence-corrected chi connectivity index (χ3v) is 1.85. The first-order valence-electron chi connectivity index (χ1n) is 3.90. The fraction of sp³-hybridized carbons (Fsp3) is 0.111. The summed E-state index contributed by atoms with van der Waals surface area (Å²) in [6.45, 7) is 2.08. The lowest BCUT2D eigenvalue weighted by Gasteiger charge is -2.02. The highest BCUT2D eigenvalue weighted by Gasteiger charge is 2.03. The number of nitrogens with one attached hydrogen (secondary N) is 3. The summed E-state index contributed by atoms with van der Waals surface area (Å²) in [4.78, 5) is 0. The normalized spacial score (nSPS) is 14.9. The molecule has 3 N–H and O–H groups in total. The summed E-state index contributed by atoms with van der Waals surface area (Å²) in [6, 6.07) is 8.36. The zero-order chi connectivity index (χ0) is 8.39. The summed E-state index contributed by atoms with van der Waals surface area (Å²) in [7, 11) is 0. The van der Waals surface area contributed by atoms with E-state index < -0.39 is 0 Å². The highest BCUT2D eigenvalue weighted by atomic mass is 15.6.